The van der Waals surface area contributed by atoms with Crippen molar-refractivity contribution in [3.63, 3.8) is 0 Å². The lowest BCUT2D eigenvalue weighted by atomic mass is 9.85. The molecular weight excluding hydrogens is 248 g/mol. The first-order valence-corrected chi connectivity index (χ1v) is 7.10. The Hall–Kier alpha value is -0.680. The van der Waals surface area contributed by atoms with Gasteiger partial charge in [-0.05, 0) is 26.2 Å². The molecular formula is C13H24N2O2S. The van der Waals surface area contributed by atoms with Gasteiger partial charge in [-0.15, -0.1) is 0 Å². The fourth-order valence-corrected chi connectivity index (χ4v) is 2.75. The Morgan fingerprint density at radius 3 is 2.44 bits per heavy atom. The van der Waals surface area contributed by atoms with E-state index >= 15 is 0 Å². The molecule has 18 heavy (non-hydrogen) atoms. The fourth-order valence-electron chi connectivity index (χ4n) is 2.52. The van der Waals surface area contributed by atoms with Gasteiger partial charge in [0.1, 0.15) is 0 Å². The van der Waals surface area contributed by atoms with E-state index in [9.17, 15) is 4.79 Å². The van der Waals surface area contributed by atoms with Gasteiger partial charge in [0, 0.05) is 12.6 Å². The smallest absolute Gasteiger partial charge is 0.235 e. The summed E-state index contributed by atoms with van der Waals surface area (Å²) < 4.78 is 0. The predicted molar refractivity (Wildman–Crippen MR) is 76.2 cm³/mol. The second-order valence-electron chi connectivity index (χ2n) is 5.21. The number of aliphatic hydroxyl groups excluding tert-OH is 1. The highest BCUT2D eigenvalue weighted by Gasteiger charge is 2.40. The molecule has 1 aliphatic carbocycles. The number of aliphatic hydroxyl groups is 1. The summed E-state index contributed by atoms with van der Waals surface area (Å²) in [5, 5.41) is 9.16. The van der Waals surface area contributed by atoms with Crippen LogP contribution in [0.4, 0.5) is 0 Å². The molecule has 4 nitrogen and oxygen atoms in total. The molecule has 1 fully saturated rings. The predicted octanol–water partition coefficient (Wildman–Crippen LogP) is 1.45. The van der Waals surface area contributed by atoms with Crippen LogP contribution in [0.15, 0.2) is 0 Å². The summed E-state index contributed by atoms with van der Waals surface area (Å²) in [6.07, 6.45) is 4.92. The highest BCUT2D eigenvalue weighted by molar-refractivity contribution is 7.80. The van der Waals surface area contributed by atoms with Crippen LogP contribution >= 0.6 is 12.2 Å². The lowest BCUT2D eigenvalue weighted by Gasteiger charge is -2.36. The van der Waals surface area contributed by atoms with Crippen LogP contribution in [0, 0.1) is 5.41 Å². The van der Waals surface area contributed by atoms with Gasteiger partial charge in [-0.3, -0.25) is 4.79 Å². The molecule has 0 aromatic rings. The molecule has 0 heterocycles. The zero-order valence-corrected chi connectivity index (χ0v) is 12.1. The van der Waals surface area contributed by atoms with Gasteiger partial charge in [0.15, 0.2) is 0 Å². The third-order valence-corrected chi connectivity index (χ3v) is 4.54. The molecule has 0 aromatic heterocycles. The average molecular weight is 272 g/mol. The molecule has 0 aromatic carbocycles. The van der Waals surface area contributed by atoms with Gasteiger partial charge in [-0.2, -0.15) is 0 Å². The van der Waals surface area contributed by atoms with Crippen molar-refractivity contribution < 1.29 is 9.90 Å². The highest BCUT2D eigenvalue weighted by Crippen LogP contribution is 2.30. The normalized spacial score (nSPS) is 19.5. The van der Waals surface area contributed by atoms with Crippen molar-refractivity contribution in [3.05, 3.63) is 0 Å². The van der Waals surface area contributed by atoms with E-state index in [4.69, 9.17) is 23.1 Å². The van der Waals surface area contributed by atoms with E-state index < -0.39 is 5.41 Å². The molecule has 0 radical (unpaired) electrons. The quantitative estimate of drug-likeness (QED) is 0.718. The second kappa shape index (κ2) is 6.48. The molecule has 1 rings (SSSR count). The van der Waals surface area contributed by atoms with E-state index in [-0.39, 0.29) is 23.5 Å². The van der Waals surface area contributed by atoms with Crippen molar-refractivity contribution in [1.29, 1.82) is 0 Å². The molecule has 1 unspecified atom stereocenters. The molecule has 1 aliphatic rings. The minimum absolute atomic E-state index is 0.0145. The first kappa shape index (κ1) is 15.4. The zero-order chi connectivity index (χ0) is 13.8. The Morgan fingerprint density at radius 1 is 1.50 bits per heavy atom. The maximum atomic E-state index is 12.7. The van der Waals surface area contributed by atoms with Crippen molar-refractivity contribution in [2.75, 3.05) is 13.2 Å². The molecule has 0 spiro atoms. The van der Waals surface area contributed by atoms with Gasteiger partial charge in [-0.25, -0.2) is 0 Å². The van der Waals surface area contributed by atoms with E-state index in [0.717, 1.165) is 25.7 Å². The Morgan fingerprint density at radius 2 is 2.06 bits per heavy atom. The summed E-state index contributed by atoms with van der Waals surface area (Å²) in [6.45, 7) is 4.08. The van der Waals surface area contributed by atoms with Crippen LogP contribution in [0.3, 0.4) is 0 Å². The summed E-state index contributed by atoms with van der Waals surface area (Å²) in [6, 6.07) is 0.241. The van der Waals surface area contributed by atoms with Crippen LogP contribution < -0.4 is 5.73 Å². The van der Waals surface area contributed by atoms with E-state index in [1.54, 1.807) is 11.8 Å². The third kappa shape index (κ3) is 3.01. The molecule has 3 N–H and O–H groups in total. The van der Waals surface area contributed by atoms with E-state index in [1.165, 1.54) is 0 Å². The van der Waals surface area contributed by atoms with Crippen molar-refractivity contribution in [3.8, 4) is 0 Å². The lowest BCUT2D eigenvalue weighted by Crippen LogP contribution is -2.52. The van der Waals surface area contributed by atoms with Gasteiger partial charge in [0.2, 0.25) is 5.91 Å². The number of nitrogens with two attached hydrogens (primary N) is 1. The number of carbonyl (C=O) groups is 1. The highest BCUT2D eigenvalue weighted by atomic mass is 32.1. The van der Waals surface area contributed by atoms with E-state index in [2.05, 4.69) is 0 Å². The molecule has 1 atom stereocenters. The van der Waals surface area contributed by atoms with Crippen molar-refractivity contribution in [2.45, 2.75) is 52.0 Å². The average Bonchev–Trinajstić information content (AvgIpc) is 2.87. The summed E-state index contributed by atoms with van der Waals surface area (Å²) in [7, 11) is 0. The minimum Gasteiger partial charge on any atom is -0.395 e. The lowest BCUT2D eigenvalue weighted by molar-refractivity contribution is -0.140. The van der Waals surface area contributed by atoms with Crippen LogP contribution in [0.1, 0.15) is 46.0 Å². The van der Waals surface area contributed by atoms with Crippen LogP contribution in [0.5, 0.6) is 0 Å². The third-order valence-electron chi connectivity index (χ3n) is 4.09. The van der Waals surface area contributed by atoms with Gasteiger partial charge in [0.25, 0.3) is 0 Å². The molecule has 104 valence electrons. The number of thiocarbonyl (C=S) groups is 1. The summed E-state index contributed by atoms with van der Waals surface area (Å²) in [5.74, 6) is -0.0292. The zero-order valence-electron chi connectivity index (χ0n) is 11.3. The molecule has 0 bridgehead atoms. The molecule has 0 aliphatic heterocycles. The number of hydrogen-bond donors (Lipinski definition) is 2. The first-order chi connectivity index (χ1) is 8.47. The number of amides is 1. The topological polar surface area (TPSA) is 66.6 Å². The SMILES string of the molecule is CCC(C)(C(=O)N(CCO)C1CCCC1)C(N)=S. The van der Waals surface area contributed by atoms with Gasteiger partial charge >= 0.3 is 0 Å². The summed E-state index contributed by atoms with van der Waals surface area (Å²) in [4.78, 5) is 14.7. The standard InChI is InChI=1S/C13H24N2O2S/c1-3-13(2,11(14)18)12(17)15(8-9-16)10-6-4-5-7-10/h10,16H,3-9H2,1-2H3,(H2,14,18). The molecule has 1 amide bonds. The summed E-state index contributed by atoms with van der Waals surface area (Å²) >= 11 is 5.05. The van der Waals surface area contributed by atoms with E-state index in [1.807, 2.05) is 6.92 Å². The Kier molecular flexibility index (Phi) is 5.53. The van der Waals surface area contributed by atoms with E-state index in [0.29, 0.717) is 13.0 Å². The van der Waals surface area contributed by atoms with Gasteiger partial charge in [-0.1, -0.05) is 32.0 Å². The second-order valence-corrected chi connectivity index (χ2v) is 5.65. The largest absolute Gasteiger partial charge is 0.395 e. The number of hydrogen-bond acceptors (Lipinski definition) is 3. The number of nitrogens with zero attached hydrogens (tertiary/aromatic N) is 1. The maximum Gasteiger partial charge on any atom is 0.235 e. The first-order valence-electron chi connectivity index (χ1n) is 6.69. The van der Waals surface area contributed by atoms with Gasteiger partial charge in [0.05, 0.1) is 17.0 Å². The fraction of sp³-hybridized carbons (Fsp3) is 0.846. The Balaban J connectivity index is 2.90. The maximum absolute atomic E-state index is 12.7. The van der Waals surface area contributed by atoms with Gasteiger partial charge < -0.3 is 15.7 Å². The Bertz CT molecular complexity index is 316. The van der Waals surface area contributed by atoms with Crippen LogP contribution in [0.2, 0.25) is 0 Å². The van der Waals surface area contributed by atoms with Crippen molar-refractivity contribution in [2.24, 2.45) is 11.1 Å². The molecule has 0 saturated heterocycles. The van der Waals surface area contributed by atoms with Crippen LogP contribution in [-0.4, -0.2) is 40.1 Å². The van der Waals surface area contributed by atoms with Crippen molar-refractivity contribution >= 4 is 23.1 Å². The molecule has 1 saturated carbocycles. The van der Waals surface area contributed by atoms with Crippen LogP contribution in [-0.2, 0) is 4.79 Å². The minimum atomic E-state index is -0.785. The molecule has 5 heteroatoms. The van der Waals surface area contributed by atoms with Crippen molar-refractivity contribution in [1.82, 2.24) is 4.90 Å². The summed E-state index contributed by atoms with van der Waals surface area (Å²) in [5.41, 5.74) is 4.95. The Labute approximate surface area is 115 Å². The number of rotatable bonds is 6. The van der Waals surface area contributed by atoms with Crippen LogP contribution in [0.25, 0.3) is 0 Å². The number of carbonyl (C=O) groups excluding carboxylic acids is 1. The monoisotopic (exact) mass is 272 g/mol.